The number of aliphatic imine (C=N–C) groups is 1. The first-order valence-corrected chi connectivity index (χ1v) is 8.90. The van der Waals surface area contributed by atoms with E-state index in [1.807, 2.05) is 0 Å². The van der Waals surface area contributed by atoms with E-state index in [4.69, 9.17) is 4.74 Å². The Kier molecular flexibility index (Phi) is 7.37. The van der Waals surface area contributed by atoms with E-state index in [0.29, 0.717) is 6.54 Å². The summed E-state index contributed by atoms with van der Waals surface area (Å²) in [5.41, 5.74) is 2.41. The van der Waals surface area contributed by atoms with Gasteiger partial charge in [-0.2, -0.15) is 0 Å². The number of nitrogens with one attached hydrogen (secondary N) is 2. The first kappa shape index (κ1) is 18.6. The normalized spacial score (nSPS) is 14.8. The van der Waals surface area contributed by atoms with Crippen molar-refractivity contribution in [3.63, 3.8) is 0 Å². The number of rotatable bonds is 9. The molecule has 0 amide bonds. The molecular weight excluding hydrogens is 300 g/mol. The fraction of sp³-hybridized carbons (Fsp3) is 0.632. The van der Waals surface area contributed by atoms with Gasteiger partial charge >= 0.3 is 0 Å². The summed E-state index contributed by atoms with van der Waals surface area (Å²) >= 11 is 0. The molecule has 0 atom stereocenters. The second kappa shape index (κ2) is 9.52. The third-order valence-electron chi connectivity index (χ3n) is 4.14. The molecule has 1 aliphatic rings. The Morgan fingerprint density at radius 2 is 2.08 bits per heavy atom. The van der Waals surface area contributed by atoms with E-state index in [9.17, 15) is 0 Å². The van der Waals surface area contributed by atoms with Gasteiger partial charge in [-0.1, -0.05) is 12.1 Å². The van der Waals surface area contributed by atoms with E-state index < -0.39 is 0 Å². The van der Waals surface area contributed by atoms with Crippen LogP contribution in [0.5, 0.6) is 5.75 Å². The molecule has 1 aromatic rings. The Hall–Kier alpha value is -1.75. The largest absolute Gasteiger partial charge is 0.493 e. The van der Waals surface area contributed by atoms with Crippen molar-refractivity contribution in [3.8, 4) is 5.75 Å². The SMILES string of the molecule is CN=C(NCCCN(C)C)NCc1ccc(C)cc1OCC1CC1. The summed E-state index contributed by atoms with van der Waals surface area (Å²) in [5.74, 6) is 2.59. The minimum atomic E-state index is 0.716. The minimum Gasteiger partial charge on any atom is -0.493 e. The van der Waals surface area contributed by atoms with Crippen molar-refractivity contribution in [2.24, 2.45) is 10.9 Å². The number of ether oxygens (including phenoxy) is 1. The molecule has 134 valence electrons. The quantitative estimate of drug-likeness (QED) is 0.414. The van der Waals surface area contributed by atoms with Crippen molar-refractivity contribution in [2.45, 2.75) is 32.7 Å². The molecule has 1 aliphatic carbocycles. The average molecular weight is 332 g/mol. The molecule has 0 heterocycles. The van der Waals surface area contributed by atoms with Gasteiger partial charge in [0.05, 0.1) is 6.61 Å². The molecule has 5 nitrogen and oxygen atoms in total. The lowest BCUT2D eigenvalue weighted by Crippen LogP contribution is -2.38. The van der Waals surface area contributed by atoms with Crippen LogP contribution in [-0.2, 0) is 6.54 Å². The molecule has 0 aromatic heterocycles. The number of benzene rings is 1. The third kappa shape index (κ3) is 6.79. The summed E-state index contributed by atoms with van der Waals surface area (Å²) in [6.45, 7) is 5.64. The monoisotopic (exact) mass is 332 g/mol. The van der Waals surface area contributed by atoms with Gasteiger partial charge in [0, 0.05) is 25.7 Å². The standard InChI is InChI=1S/C19H32N4O/c1-15-6-9-17(18(12-15)24-14-16-7-8-16)13-22-19(20-2)21-10-5-11-23(3)4/h6,9,12,16H,5,7-8,10-11,13-14H2,1-4H3,(H2,20,21,22). The highest BCUT2D eigenvalue weighted by molar-refractivity contribution is 5.79. The summed E-state index contributed by atoms with van der Waals surface area (Å²) in [5, 5.41) is 6.74. The minimum absolute atomic E-state index is 0.716. The third-order valence-corrected chi connectivity index (χ3v) is 4.14. The smallest absolute Gasteiger partial charge is 0.191 e. The predicted molar refractivity (Wildman–Crippen MR) is 101 cm³/mol. The van der Waals surface area contributed by atoms with Crippen molar-refractivity contribution in [3.05, 3.63) is 29.3 Å². The molecule has 0 bridgehead atoms. The summed E-state index contributed by atoms with van der Waals surface area (Å²) < 4.78 is 6.03. The molecule has 2 N–H and O–H groups in total. The lowest BCUT2D eigenvalue weighted by atomic mass is 10.1. The Morgan fingerprint density at radius 3 is 2.75 bits per heavy atom. The van der Waals surface area contributed by atoms with E-state index >= 15 is 0 Å². The average Bonchev–Trinajstić information content (AvgIpc) is 3.37. The van der Waals surface area contributed by atoms with E-state index in [1.54, 1.807) is 7.05 Å². The second-order valence-corrected chi connectivity index (χ2v) is 6.87. The maximum Gasteiger partial charge on any atom is 0.191 e. The molecule has 1 aromatic carbocycles. The molecule has 5 heteroatoms. The van der Waals surface area contributed by atoms with Gasteiger partial charge in [0.15, 0.2) is 5.96 Å². The maximum absolute atomic E-state index is 6.03. The number of guanidine groups is 1. The van der Waals surface area contributed by atoms with E-state index in [0.717, 1.165) is 43.7 Å². The van der Waals surface area contributed by atoms with Crippen molar-refractivity contribution in [1.82, 2.24) is 15.5 Å². The summed E-state index contributed by atoms with van der Waals surface area (Å²) in [6.07, 6.45) is 3.71. The first-order valence-electron chi connectivity index (χ1n) is 8.90. The zero-order valence-electron chi connectivity index (χ0n) is 15.6. The van der Waals surface area contributed by atoms with Crippen LogP contribution in [0.1, 0.15) is 30.4 Å². The van der Waals surface area contributed by atoms with Crippen molar-refractivity contribution < 1.29 is 4.74 Å². The highest BCUT2D eigenvalue weighted by atomic mass is 16.5. The Balaban J connectivity index is 1.82. The predicted octanol–water partition coefficient (Wildman–Crippen LogP) is 2.40. The van der Waals surface area contributed by atoms with Crippen molar-refractivity contribution in [2.75, 3.05) is 40.8 Å². The zero-order valence-corrected chi connectivity index (χ0v) is 15.6. The van der Waals surface area contributed by atoms with Crippen LogP contribution in [-0.4, -0.2) is 51.7 Å². The fourth-order valence-electron chi connectivity index (χ4n) is 2.44. The molecule has 2 rings (SSSR count). The van der Waals surface area contributed by atoms with Crippen LogP contribution in [0.15, 0.2) is 23.2 Å². The summed E-state index contributed by atoms with van der Waals surface area (Å²) in [7, 11) is 5.99. The van der Waals surface area contributed by atoms with Gasteiger partial charge in [-0.15, -0.1) is 0 Å². The number of hydrogen-bond acceptors (Lipinski definition) is 3. The van der Waals surface area contributed by atoms with Crippen molar-refractivity contribution in [1.29, 1.82) is 0 Å². The van der Waals surface area contributed by atoms with Crippen LogP contribution in [0.25, 0.3) is 0 Å². The van der Waals surface area contributed by atoms with Gasteiger partial charge in [-0.25, -0.2) is 0 Å². The van der Waals surface area contributed by atoms with E-state index in [-0.39, 0.29) is 0 Å². The zero-order chi connectivity index (χ0) is 17.4. The highest BCUT2D eigenvalue weighted by Gasteiger charge is 2.22. The van der Waals surface area contributed by atoms with Gasteiger partial charge in [-0.05, 0) is 64.4 Å². The molecule has 0 aliphatic heterocycles. The molecule has 1 fully saturated rings. The van der Waals surface area contributed by atoms with Crippen molar-refractivity contribution >= 4 is 5.96 Å². The number of aryl methyl sites for hydroxylation is 1. The van der Waals surface area contributed by atoms with Crippen LogP contribution >= 0.6 is 0 Å². The van der Waals surface area contributed by atoms with Gasteiger partial charge < -0.3 is 20.3 Å². The Labute approximate surface area is 146 Å². The molecule has 1 saturated carbocycles. The van der Waals surface area contributed by atoms with E-state index in [1.165, 1.54) is 24.0 Å². The molecule has 0 saturated heterocycles. The number of nitrogens with zero attached hydrogens (tertiary/aromatic N) is 2. The molecular formula is C19H32N4O. The van der Waals surface area contributed by atoms with Crippen LogP contribution in [0, 0.1) is 12.8 Å². The fourth-order valence-corrected chi connectivity index (χ4v) is 2.44. The van der Waals surface area contributed by atoms with Crippen LogP contribution in [0.3, 0.4) is 0 Å². The molecule has 0 radical (unpaired) electrons. The van der Waals surface area contributed by atoms with Gasteiger partial charge in [0.25, 0.3) is 0 Å². The lowest BCUT2D eigenvalue weighted by molar-refractivity contribution is 0.296. The van der Waals surface area contributed by atoms with Gasteiger partial charge in [0.1, 0.15) is 5.75 Å². The molecule has 0 spiro atoms. The van der Waals surface area contributed by atoms with E-state index in [2.05, 4.69) is 59.7 Å². The second-order valence-electron chi connectivity index (χ2n) is 6.87. The highest BCUT2D eigenvalue weighted by Crippen LogP contribution is 2.30. The Bertz CT molecular complexity index is 538. The summed E-state index contributed by atoms with van der Waals surface area (Å²) in [6, 6.07) is 6.41. The van der Waals surface area contributed by atoms with Gasteiger partial charge in [-0.3, -0.25) is 4.99 Å². The molecule has 24 heavy (non-hydrogen) atoms. The first-order chi connectivity index (χ1) is 11.6. The number of hydrogen-bond donors (Lipinski definition) is 2. The molecule has 0 unspecified atom stereocenters. The van der Waals surface area contributed by atoms with Gasteiger partial charge in [0.2, 0.25) is 0 Å². The lowest BCUT2D eigenvalue weighted by Gasteiger charge is -2.16. The topological polar surface area (TPSA) is 48.9 Å². The Morgan fingerprint density at radius 1 is 1.29 bits per heavy atom. The maximum atomic E-state index is 6.03. The van der Waals surface area contributed by atoms with Crippen LogP contribution in [0.2, 0.25) is 0 Å². The summed E-state index contributed by atoms with van der Waals surface area (Å²) in [4.78, 5) is 6.48. The van der Waals surface area contributed by atoms with Crippen LogP contribution in [0.4, 0.5) is 0 Å². The van der Waals surface area contributed by atoms with Crippen LogP contribution < -0.4 is 15.4 Å².